The Hall–Kier alpha value is -4.80. The zero-order chi connectivity index (χ0) is 48.9. The molecule has 2 nitrogen and oxygen atoms in total. The van der Waals surface area contributed by atoms with E-state index in [1.165, 1.54) is 119 Å². The number of hydrogen-bond acceptors (Lipinski definition) is 3. The number of thiophene rings is 1. The van der Waals surface area contributed by atoms with Crippen molar-refractivity contribution in [3.8, 4) is 0 Å². The summed E-state index contributed by atoms with van der Waals surface area (Å²) in [4.78, 5) is 5.46. The van der Waals surface area contributed by atoms with E-state index >= 15 is 0 Å². The molecule has 1 atom stereocenters. The molecule has 352 valence electrons. The molecule has 10 rings (SSSR count). The van der Waals surface area contributed by atoms with Gasteiger partial charge in [0, 0.05) is 27.4 Å². The van der Waals surface area contributed by atoms with Crippen LogP contribution in [0.3, 0.4) is 0 Å². The van der Waals surface area contributed by atoms with Crippen molar-refractivity contribution in [1.82, 2.24) is 0 Å². The fourth-order valence-electron chi connectivity index (χ4n) is 12.4. The maximum absolute atomic E-state index is 4.40. The van der Waals surface area contributed by atoms with Gasteiger partial charge in [0.1, 0.15) is 0 Å². The number of fused-ring (bicyclic) bond motifs is 9. The van der Waals surface area contributed by atoms with Crippen LogP contribution in [0, 0.1) is 10.8 Å². The summed E-state index contributed by atoms with van der Waals surface area (Å²) in [5, 5.41) is 2.74. The van der Waals surface area contributed by atoms with E-state index in [4.69, 9.17) is 0 Å². The number of benzene rings is 4. The first-order valence-electron chi connectivity index (χ1n) is 25.7. The molecule has 0 amide bonds. The molecule has 0 fully saturated rings. The van der Waals surface area contributed by atoms with E-state index in [1.54, 1.807) is 0 Å². The van der Waals surface area contributed by atoms with Gasteiger partial charge in [-0.1, -0.05) is 177 Å². The lowest BCUT2D eigenvalue weighted by Crippen LogP contribution is -2.51. The van der Waals surface area contributed by atoms with Crippen LogP contribution in [-0.2, 0) is 27.1 Å². The summed E-state index contributed by atoms with van der Waals surface area (Å²) in [6, 6.07) is 31.6. The van der Waals surface area contributed by atoms with Gasteiger partial charge >= 0.3 is 0 Å². The fraction of sp³-hybridized carbons (Fsp3) is 0.438. The molecule has 0 N–H and O–H groups in total. The Morgan fingerprint density at radius 3 is 1.90 bits per heavy atom. The van der Waals surface area contributed by atoms with Gasteiger partial charge in [-0.15, -0.1) is 11.3 Å². The van der Waals surface area contributed by atoms with E-state index in [0.29, 0.717) is 0 Å². The van der Waals surface area contributed by atoms with Gasteiger partial charge in [-0.2, -0.15) is 0 Å². The zero-order valence-electron chi connectivity index (χ0n) is 44.4. The predicted molar refractivity (Wildman–Crippen MR) is 299 cm³/mol. The molecule has 0 saturated heterocycles. The number of nitrogens with zero attached hydrogens (tertiary/aromatic N) is 2. The Labute approximate surface area is 415 Å². The first-order chi connectivity index (χ1) is 31.7. The third-order valence-corrected chi connectivity index (χ3v) is 19.1. The van der Waals surface area contributed by atoms with Gasteiger partial charge in [0.05, 0.1) is 10.7 Å². The third-order valence-electron chi connectivity index (χ3n) is 18.0. The number of allylic oxidation sites excluding steroid dienone is 6. The van der Waals surface area contributed by atoms with Crippen molar-refractivity contribution in [2.24, 2.45) is 10.8 Å². The molecule has 3 heterocycles. The Bertz CT molecular complexity index is 3050. The molecule has 1 aromatic heterocycles. The molecule has 0 bridgehead atoms. The van der Waals surface area contributed by atoms with Crippen molar-refractivity contribution in [3.05, 3.63) is 166 Å². The highest BCUT2D eigenvalue weighted by molar-refractivity contribution is 7.26. The quantitative estimate of drug-likeness (QED) is 0.128. The highest BCUT2D eigenvalue weighted by atomic mass is 32.1. The molecule has 68 heavy (non-hydrogen) atoms. The Morgan fingerprint density at radius 2 is 1.29 bits per heavy atom. The molecule has 0 radical (unpaired) electrons. The molecule has 2 aliphatic heterocycles. The van der Waals surface area contributed by atoms with Gasteiger partial charge in [0.2, 0.25) is 0 Å². The highest BCUT2D eigenvalue weighted by Gasteiger charge is 2.52. The minimum atomic E-state index is -0.0473. The summed E-state index contributed by atoms with van der Waals surface area (Å²) < 4.78 is 1.36. The van der Waals surface area contributed by atoms with Crippen LogP contribution in [0.4, 0.5) is 16.4 Å². The highest BCUT2D eigenvalue weighted by Crippen LogP contribution is 2.56. The molecule has 4 heteroatoms. The van der Waals surface area contributed by atoms with Crippen LogP contribution in [0.15, 0.2) is 132 Å². The number of hydrogen-bond donors (Lipinski definition) is 0. The van der Waals surface area contributed by atoms with Crippen molar-refractivity contribution >= 4 is 61.0 Å². The Balaban J connectivity index is 1.39. The molecular weight excluding hydrogens is 840 g/mol. The molecule has 4 aromatic carbocycles. The normalized spacial score (nSPS) is 22.5. The van der Waals surface area contributed by atoms with Gasteiger partial charge in [0.15, 0.2) is 0 Å². The van der Waals surface area contributed by atoms with Crippen molar-refractivity contribution in [1.29, 1.82) is 0 Å². The van der Waals surface area contributed by atoms with Crippen LogP contribution in [-0.4, -0.2) is 6.71 Å². The topological polar surface area (TPSA) is 6.48 Å². The standard InChI is InChI=1S/C64H77BN2S/c1-18-40(2)34-53-56-65(50-37-48-49(63(15,16)33-32-62(48,13)14)38-52(50)66(53)43-25-26-46-47(36-43)61(11,12)31-30-60(46,9)10)55-44-35-42(58(3,4)5)24-27-54(44)68-57(55)67(56)51-28-29-64(17,59(6,7)8)39-45(51)41-22-20-19-21-23-41/h18-29,34-38H,1,30-33,39H2,2-17H3/b40-34-. The number of anilines is 3. The maximum Gasteiger partial charge on any atom is 0.272 e. The second-order valence-corrected chi connectivity index (χ2v) is 27.4. The SMILES string of the molecule is C=C/C(C)=C\C1=C2B(c3cc4c(cc3N1c1ccc3c(c1)C(C)(C)CCC3(C)C)C(C)(C)CCC4(C)C)c1c(sc3ccc(C(C)(C)C)cc13)N2C1=C(c2ccccc2)CC(C)(C(C)(C)C)C=C1. The molecule has 1 unspecified atom stereocenters. The van der Waals surface area contributed by atoms with Gasteiger partial charge in [0.25, 0.3) is 6.71 Å². The van der Waals surface area contributed by atoms with Crippen molar-refractivity contribution in [2.45, 2.75) is 170 Å². The van der Waals surface area contributed by atoms with Gasteiger partial charge in [-0.3, -0.25) is 0 Å². The van der Waals surface area contributed by atoms with Crippen LogP contribution < -0.4 is 20.7 Å². The van der Waals surface area contributed by atoms with E-state index in [-0.39, 0.29) is 44.6 Å². The molecule has 3 aliphatic carbocycles. The summed E-state index contributed by atoms with van der Waals surface area (Å²) in [6.45, 7) is 43.3. The average Bonchev–Trinajstić information content (AvgIpc) is 3.81. The summed E-state index contributed by atoms with van der Waals surface area (Å²) in [6.07, 6.45) is 15.2. The molecular formula is C64H77BN2S. The predicted octanol–water partition coefficient (Wildman–Crippen LogP) is 16.8. The van der Waals surface area contributed by atoms with E-state index in [0.717, 1.165) is 12.0 Å². The van der Waals surface area contributed by atoms with E-state index < -0.39 is 0 Å². The minimum Gasteiger partial charge on any atom is -0.312 e. The van der Waals surface area contributed by atoms with Crippen molar-refractivity contribution in [2.75, 3.05) is 9.80 Å². The van der Waals surface area contributed by atoms with Crippen LogP contribution in [0.25, 0.3) is 15.7 Å². The van der Waals surface area contributed by atoms with E-state index in [1.807, 2.05) is 11.3 Å². The van der Waals surface area contributed by atoms with E-state index in [9.17, 15) is 0 Å². The average molecular weight is 917 g/mol. The zero-order valence-corrected chi connectivity index (χ0v) is 45.3. The molecule has 0 saturated carbocycles. The second kappa shape index (κ2) is 15.4. The van der Waals surface area contributed by atoms with Crippen LogP contribution in [0.5, 0.6) is 0 Å². The molecule has 0 spiro atoms. The first-order valence-corrected chi connectivity index (χ1v) is 26.5. The lowest BCUT2D eigenvalue weighted by molar-refractivity contribution is 0.173. The summed E-state index contributed by atoms with van der Waals surface area (Å²) >= 11 is 1.99. The minimum absolute atomic E-state index is 0.00271. The van der Waals surface area contributed by atoms with Crippen molar-refractivity contribution < 1.29 is 0 Å². The largest absolute Gasteiger partial charge is 0.312 e. The summed E-state index contributed by atoms with van der Waals surface area (Å²) in [5.41, 5.74) is 20.8. The second-order valence-electron chi connectivity index (χ2n) is 26.4. The number of rotatable bonds is 5. The Kier molecular flexibility index (Phi) is 10.6. The smallest absolute Gasteiger partial charge is 0.272 e. The summed E-state index contributed by atoms with van der Waals surface area (Å²) in [7, 11) is 0. The summed E-state index contributed by atoms with van der Waals surface area (Å²) in [5.74, 6) is 0. The van der Waals surface area contributed by atoms with Crippen LogP contribution in [0.2, 0.25) is 0 Å². The van der Waals surface area contributed by atoms with Crippen molar-refractivity contribution in [3.63, 3.8) is 0 Å². The van der Waals surface area contributed by atoms with Gasteiger partial charge in [-0.25, -0.2) is 0 Å². The van der Waals surface area contributed by atoms with Gasteiger partial charge in [-0.05, 0) is 174 Å². The van der Waals surface area contributed by atoms with Gasteiger partial charge < -0.3 is 9.80 Å². The molecule has 5 aromatic rings. The fourth-order valence-corrected chi connectivity index (χ4v) is 13.6. The lowest BCUT2D eigenvalue weighted by Gasteiger charge is -2.47. The van der Waals surface area contributed by atoms with Crippen LogP contribution >= 0.6 is 11.3 Å². The lowest BCUT2D eigenvalue weighted by atomic mass is 9.37. The molecule has 5 aliphatic rings. The Morgan fingerprint density at radius 1 is 0.691 bits per heavy atom. The third kappa shape index (κ3) is 7.23. The first kappa shape index (κ1) is 46.9. The van der Waals surface area contributed by atoms with E-state index in [2.05, 4.69) is 230 Å². The monoisotopic (exact) mass is 917 g/mol. The van der Waals surface area contributed by atoms with Crippen LogP contribution in [0.1, 0.15) is 176 Å². The maximum atomic E-state index is 4.40.